The van der Waals surface area contributed by atoms with Gasteiger partial charge in [-0.25, -0.2) is 0 Å². The Morgan fingerprint density at radius 3 is 2.71 bits per heavy atom. The van der Waals surface area contributed by atoms with Crippen LogP contribution in [0.4, 0.5) is 17.6 Å². The molecule has 0 aliphatic heterocycles. The van der Waals surface area contributed by atoms with Gasteiger partial charge in [0.15, 0.2) is 12.4 Å². The summed E-state index contributed by atoms with van der Waals surface area (Å²) in [5.74, 6) is 0.583. The van der Waals surface area contributed by atoms with E-state index in [0.29, 0.717) is 11.8 Å². The van der Waals surface area contributed by atoms with Crippen LogP contribution in [0.1, 0.15) is 18.7 Å². The van der Waals surface area contributed by atoms with Crippen LogP contribution in [-0.4, -0.2) is 20.9 Å². The smallest absolute Gasteiger partial charge is 0.309 e. The molecule has 1 aliphatic carbocycles. The van der Waals surface area contributed by atoms with Crippen LogP contribution in [0.3, 0.4) is 0 Å². The SMILES string of the molecule is Nc1nc(COC(=O)C2CC2)nc(Nc2ccccc2)n1. The normalized spacial score (nSPS) is 13.7. The van der Waals surface area contributed by atoms with Gasteiger partial charge in [0, 0.05) is 5.69 Å². The van der Waals surface area contributed by atoms with Crippen molar-refractivity contribution in [2.45, 2.75) is 19.4 Å². The molecule has 0 unspecified atom stereocenters. The van der Waals surface area contributed by atoms with E-state index in [0.717, 1.165) is 18.5 Å². The minimum Gasteiger partial charge on any atom is -0.457 e. The van der Waals surface area contributed by atoms with Gasteiger partial charge < -0.3 is 15.8 Å². The Kier molecular flexibility index (Phi) is 3.63. The fraction of sp³-hybridized carbons (Fsp3) is 0.286. The Morgan fingerprint density at radius 1 is 1.24 bits per heavy atom. The molecule has 0 bridgehead atoms. The molecular weight excluding hydrogens is 270 g/mol. The van der Waals surface area contributed by atoms with Gasteiger partial charge >= 0.3 is 5.97 Å². The number of para-hydroxylation sites is 1. The molecule has 1 saturated carbocycles. The van der Waals surface area contributed by atoms with Crippen LogP contribution in [0.5, 0.6) is 0 Å². The summed E-state index contributed by atoms with van der Waals surface area (Å²) in [6.07, 6.45) is 1.80. The Bertz CT molecular complexity index is 643. The topological polar surface area (TPSA) is 103 Å². The van der Waals surface area contributed by atoms with Gasteiger partial charge in [-0.1, -0.05) is 18.2 Å². The van der Waals surface area contributed by atoms with E-state index in [2.05, 4.69) is 20.3 Å². The summed E-state index contributed by atoms with van der Waals surface area (Å²) >= 11 is 0. The molecule has 7 heteroatoms. The highest BCUT2D eigenvalue weighted by atomic mass is 16.5. The first-order chi connectivity index (χ1) is 10.2. The number of aromatic nitrogens is 3. The molecular formula is C14H15N5O2. The number of rotatable bonds is 5. The van der Waals surface area contributed by atoms with Crippen molar-refractivity contribution in [2.75, 3.05) is 11.1 Å². The average molecular weight is 285 g/mol. The third-order valence-corrected chi connectivity index (χ3v) is 2.98. The quantitative estimate of drug-likeness (QED) is 0.805. The molecule has 0 atom stereocenters. The predicted molar refractivity (Wildman–Crippen MR) is 76.5 cm³/mol. The Hall–Kier alpha value is -2.70. The van der Waals surface area contributed by atoms with E-state index in [4.69, 9.17) is 10.5 Å². The van der Waals surface area contributed by atoms with Gasteiger partial charge in [-0.15, -0.1) is 0 Å². The molecule has 0 radical (unpaired) electrons. The van der Waals surface area contributed by atoms with Crippen molar-refractivity contribution in [3.8, 4) is 0 Å². The van der Waals surface area contributed by atoms with E-state index in [1.165, 1.54) is 0 Å². The monoisotopic (exact) mass is 285 g/mol. The number of nitrogens with two attached hydrogens (primary N) is 1. The number of carbonyl (C=O) groups excluding carboxylic acids is 1. The van der Waals surface area contributed by atoms with Gasteiger partial charge in [-0.05, 0) is 25.0 Å². The van der Waals surface area contributed by atoms with Gasteiger partial charge in [-0.2, -0.15) is 15.0 Å². The zero-order chi connectivity index (χ0) is 14.7. The van der Waals surface area contributed by atoms with Crippen molar-refractivity contribution in [3.05, 3.63) is 36.2 Å². The molecule has 108 valence electrons. The van der Waals surface area contributed by atoms with E-state index in [1.54, 1.807) is 0 Å². The lowest BCUT2D eigenvalue weighted by molar-refractivity contribution is -0.146. The number of hydrogen-bond donors (Lipinski definition) is 2. The lowest BCUT2D eigenvalue weighted by Crippen LogP contribution is -2.11. The van der Waals surface area contributed by atoms with Gasteiger partial charge in [0.05, 0.1) is 5.92 Å². The number of nitrogen functional groups attached to an aromatic ring is 1. The molecule has 21 heavy (non-hydrogen) atoms. The molecule has 1 aromatic carbocycles. The number of anilines is 3. The highest BCUT2D eigenvalue weighted by Crippen LogP contribution is 2.30. The van der Waals surface area contributed by atoms with E-state index in [9.17, 15) is 4.79 Å². The minimum absolute atomic E-state index is 0.00548. The van der Waals surface area contributed by atoms with Crippen molar-refractivity contribution in [1.29, 1.82) is 0 Å². The first kappa shape index (κ1) is 13.3. The molecule has 7 nitrogen and oxygen atoms in total. The molecule has 1 aliphatic rings. The van der Waals surface area contributed by atoms with E-state index < -0.39 is 0 Å². The second-order valence-electron chi connectivity index (χ2n) is 4.81. The zero-order valence-corrected chi connectivity index (χ0v) is 11.3. The third kappa shape index (κ3) is 3.65. The summed E-state index contributed by atoms with van der Waals surface area (Å²) in [5.41, 5.74) is 6.49. The van der Waals surface area contributed by atoms with Gasteiger partial charge in [0.25, 0.3) is 0 Å². The molecule has 1 fully saturated rings. The van der Waals surface area contributed by atoms with Gasteiger partial charge in [0.1, 0.15) is 0 Å². The maximum absolute atomic E-state index is 11.5. The summed E-state index contributed by atoms with van der Waals surface area (Å²) in [7, 11) is 0. The lowest BCUT2D eigenvalue weighted by atomic mass is 10.3. The van der Waals surface area contributed by atoms with Crippen molar-refractivity contribution >= 4 is 23.6 Å². The predicted octanol–water partition coefficient (Wildman–Crippen LogP) is 1.65. The second kappa shape index (κ2) is 5.74. The maximum atomic E-state index is 11.5. The van der Waals surface area contributed by atoms with Crippen molar-refractivity contribution in [1.82, 2.24) is 15.0 Å². The molecule has 3 N–H and O–H groups in total. The molecule has 0 saturated heterocycles. The fourth-order valence-corrected chi connectivity index (χ4v) is 1.78. The van der Waals surface area contributed by atoms with Crippen LogP contribution in [0, 0.1) is 5.92 Å². The number of ether oxygens (including phenoxy) is 1. The molecule has 1 aromatic heterocycles. The van der Waals surface area contributed by atoms with Gasteiger partial charge in [-0.3, -0.25) is 4.79 Å². The standard InChI is InChI=1S/C14H15N5O2/c15-13-17-11(8-21-12(20)9-6-7-9)18-14(19-13)16-10-4-2-1-3-5-10/h1-5,9H,6-8H2,(H3,15,16,17,18,19). The van der Waals surface area contributed by atoms with Crippen LogP contribution in [-0.2, 0) is 16.1 Å². The summed E-state index contributed by atoms with van der Waals surface area (Å²) < 4.78 is 5.14. The minimum atomic E-state index is -0.202. The Balaban J connectivity index is 1.68. The van der Waals surface area contributed by atoms with Crippen LogP contribution >= 0.6 is 0 Å². The summed E-state index contributed by atoms with van der Waals surface area (Å²) in [6, 6.07) is 9.46. The molecule has 0 spiro atoms. The van der Waals surface area contributed by atoms with Crippen LogP contribution < -0.4 is 11.1 Å². The van der Waals surface area contributed by atoms with Crippen LogP contribution in [0.25, 0.3) is 0 Å². The first-order valence-electron chi connectivity index (χ1n) is 6.70. The van der Waals surface area contributed by atoms with E-state index in [1.807, 2.05) is 30.3 Å². The number of esters is 1. The zero-order valence-electron chi connectivity index (χ0n) is 11.3. The van der Waals surface area contributed by atoms with Crippen LogP contribution in [0.15, 0.2) is 30.3 Å². The fourth-order valence-electron chi connectivity index (χ4n) is 1.78. The van der Waals surface area contributed by atoms with Gasteiger partial charge in [0.2, 0.25) is 11.9 Å². The lowest BCUT2D eigenvalue weighted by Gasteiger charge is -2.07. The number of benzene rings is 1. The summed E-state index contributed by atoms with van der Waals surface area (Å²) in [5, 5.41) is 3.03. The highest BCUT2D eigenvalue weighted by Gasteiger charge is 2.31. The highest BCUT2D eigenvalue weighted by molar-refractivity contribution is 5.74. The van der Waals surface area contributed by atoms with E-state index >= 15 is 0 Å². The second-order valence-corrected chi connectivity index (χ2v) is 4.81. The number of nitrogens with one attached hydrogen (secondary N) is 1. The summed E-state index contributed by atoms with van der Waals surface area (Å²) in [4.78, 5) is 23.7. The molecule has 2 aromatic rings. The van der Waals surface area contributed by atoms with Crippen molar-refractivity contribution < 1.29 is 9.53 Å². The van der Waals surface area contributed by atoms with Crippen molar-refractivity contribution in [3.63, 3.8) is 0 Å². The van der Waals surface area contributed by atoms with E-state index in [-0.39, 0.29) is 24.4 Å². The maximum Gasteiger partial charge on any atom is 0.309 e. The number of nitrogens with zero attached hydrogens (tertiary/aromatic N) is 3. The molecule has 3 rings (SSSR count). The third-order valence-electron chi connectivity index (χ3n) is 2.98. The average Bonchev–Trinajstić information content (AvgIpc) is 3.30. The molecule has 0 amide bonds. The number of carbonyl (C=O) groups is 1. The van der Waals surface area contributed by atoms with Crippen LogP contribution in [0.2, 0.25) is 0 Å². The largest absolute Gasteiger partial charge is 0.457 e. The Morgan fingerprint density at radius 2 is 2.00 bits per heavy atom. The van der Waals surface area contributed by atoms with Crippen molar-refractivity contribution in [2.24, 2.45) is 5.92 Å². The summed E-state index contributed by atoms with van der Waals surface area (Å²) in [6.45, 7) is 0.00548. The molecule has 1 heterocycles. The Labute approximate surface area is 121 Å². The number of hydrogen-bond acceptors (Lipinski definition) is 7. The first-order valence-corrected chi connectivity index (χ1v) is 6.70.